The van der Waals surface area contributed by atoms with Crippen LogP contribution < -0.4 is 0 Å². The molecule has 0 radical (unpaired) electrons. The second-order valence-corrected chi connectivity index (χ2v) is 28.5. The highest BCUT2D eigenvalue weighted by Crippen LogP contribution is 2.59. The van der Waals surface area contributed by atoms with Gasteiger partial charge in [0, 0.05) is 12.8 Å². The maximum atomic E-state index is 12.7. The van der Waals surface area contributed by atoms with Crippen molar-refractivity contribution in [1.29, 1.82) is 0 Å². The summed E-state index contributed by atoms with van der Waals surface area (Å²) in [6.45, 7) is 29.9. The Hall–Kier alpha value is -3.79. The first-order chi connectivity index (χ1) is 36.2. The van der Waals surface area contributed by atoms with Crippen LogP contribution in [-0.2, 0) is 71.5 Å². The van der Waals surface area contributed by atoms with E-state index < -0.39 is 64.7 Å². The fourth-order valence-corrected chi connectivity index (χ4v) is 13.3. The fraction of sp³-hybridized carbons (Fsp3) is 0.887. The zero-order chi connectivity index (χ0) is 58.0. The van der Waals surface area contributed by atoms with Gasteiger partial charge in [-0.15, -0.1) is 0 Å². The molecule has 1 N–H and O–H groups in total. The van der Waals surface area contributed by atoms with Gasteiger partial charge in [-0.1, -0.05) is 48.5 Å². The Bertz CT molecular complexity index is 2140. The van der Waals surface area contributed by atoms with Crippen LogP contribution in [0.5, 0.6) is 0 Å². The summed E-state index contributed by atoms with van der Waals surface area (Å²) in [5.41, 5.74) is -2.57. The number of carbonyl (C=O) groups is 7. The van der Waals surface area contributed by atoms with Crippen LogP contribution in [0.4, 0.5) is 0 Å². The van der Waals surface area contributed by atoms with Crippen molar-refractivity contribution < 1.29 is 76.6 Å². The molecule has 4 aliphatic heterocycles. The minimum atomic E-state index is -0.687. The first-order valence-corrected chi connectivity index (χ1v) is 30.0. The van der Waals surface area contributed by atoms with Gasteiger partial charge >= 0.3 is 41.8 Å². The smallest absolute Gasteiger partial charge is 0.347 e. The Morgan fingerprint density at radius 2 is 1.14 bits per heavy atom. The molecule has 6 aliphatic carbocycles. The van der Waals surface area contributed by atoms with Crippen molar-refractivity contribution in [1.82, 2.24) is 0 Å². The molecule has 78 heavy (non-hydrogen) atoms. The number of cyclic esters (lactones) is 1. The van der Waals surface area contributed by atoms with E-state index in [1.54, 1.807) is 27.7 Å². The van der Waals surface area contributed by atoms with Crippen molar-refractivity contribution in [2.24, 2.45) is 56.7 Å². The zero-order valence-corrected chi connectivity index (χ0v) is 50.4. The molecule has 8 atom stereocenters. The maximum absolute atomic E-state index is 12.7. The zero-order valence-electron chi connectivity index (χ0n) is 50.4. The number of esters is 7. The minimum Gasteiger partial charge on any atom is -0.463 e. The van der Waals surface area contributed by atoms with Crippen LogP contribution in [0.2, 0.25) is 0 Å². The van der Waals surface area contributed by atoms with Gasteiger partial charge in [0.2, 0.25) is 6.10 Å². The second kappa shape index (κ2) is 24.3. The van der Waals surface area contributed by atoms with E-state index in [1.807, 2.05) is 48.5 Å². The molecule has 6 saturated carbocycles. The van der Waals surface area contributed by atoms with Crippen LogP contribution in [0.3, 0.4) is 0 Å². The summed E-state index contributed by atoms with van der Waals surface area (Å²) in [7, 11) is 0. The van der Waals surface area contributed by atoms with Crippen molar-refractivity contribution >= 4 is 41.8 Å². The van der Waals surface area contributed by atoms with Gasteiger partial charge in [-0.2, -0.15) is 0 Å². The largest absolute Gasteiger partial charge is 0.463 e. The van der Waals surface area contributed by atoms with Crippen LogP contribution in [0.15, 0.2) is 0 Å². The summed E-state index contributed by atoms with van der Waals surface area (Å²) in [5.74, 6) is 0.104. The average molecular weight is 1100 g/mol. The second-order valence-electron chi connectivity index (χ2n) is 28.5. The normalized spacial score (nSPS) is 33.2. The van der Waals surface area contributed by atoms with Crippen molar-refractivity contribution in [3.8, 4) is 0 Å². The Balaban J connectivity index is 0.000000171. The van der Waals surface area contributed by atoms with E-state index in [4.69, 9.17) is 37.9 Å². The number of aliphatic hydroxyl groups is 1. The Morgan fingerprint density at radius 3 is 1.64 bits per heavy atom. The SMILES string of the molecule is CCC(C)(C)C(=O)OC1(C2CCC(C(C)(C)C)CC2)CCCC1.CCC(C)(C)C(=O)OC12CC3CC(CC(O)(C3)C1)C2.CCC(C)(C)C(=O)OC1CCOC1=O.CCC(C)(C)C(=O)OCC(=O)OC1C2CC3C(=O)OC1C3O2. The predicted molar refractivity (Wildman–Crippen MR) is 290 cm³/mol. The molecule has 16 nitrogen and oxygen atoms in total. The fourth-order valence-electron chi connectivity index (χ4n) is 13.3. The monoisotopic (exact) mass is 1100 g/mol. The van der Waals surface area contributed by atoms with Gasteiger partial charge in [0.05, 0.1) is 45.9 Å². The summed E-state index contributed by atoms with van der Waals surface area (Å²) in [4.78, 5) is 82.9. The summed E-state index contributed by atoms with van der Waals surface area (Å²) in [6, 6.07) is 0. The Kier molecular flexibility index (Phi) is 19.8. The first-order valence-electron chi connectivity index (χ1n) is 30.0. The van der Waals surface area contributed by atoms with E-state index in [1.165, 1.54) is 44.9 Å². The third-order valence-electron chi connectivity index (χ3n) is 20.0. The van der Waals surface area contributed by atoms with Crippen LogP contribution in [-0.4, -0.2) is 107 Å². The molecule has 8 unspecified atom stereocenters. The number of hydrogen-bond acceptors (Lipinski definition) is 16. The molecule has 0 aromatic carbocycles. The van der Waals surface area contributed by atoms with Crippen molar-refractivity contribution in [3.05, 3.63) is 0 Å². The summed E-state index contributed by atoms with van der Waals surface area (Å²) in [6.07, 6.45) is 16.8. The molecular formula is C62H100O16. The molecule has 0 aromatic rings. The van der Waals surface area contributed by atoms with E-state index >= 15 is 0 Å². The molecule has 444 valence electrons. The van der Waals surface area contributed by atoms with Crippen LogP contribution in [0.1, 0.15) is 232 Å². The molecule has 4 heterocycles. The molecule has 0 spiro atoms. The van der Waals surface area contributed by atoms with Crippen molar-refractivity contribution in [2.45, 2.75) is 280 Å². The average Bonchev–Trinajstić information content (AvgIpc) is 4.37. The number of carbonyl (C=O) groups excluding carboxylic acids is 7. The van der Waals surface area contributed by atoms with Crippen LogP contribution >= 0.6 is 0 Å². The lowest BCUT2D eigenvalue weighted by molar-refractivity contribution is -0.225. The van der Waals surface area contributed by atoms with Crippen LogP contribution in [0.25, 0.3) is 0 Å². The molecule has 10 fully saturated rings. The number of fused-ring (bicyclic) bond motifs is 1. The molecule has 4 saturated heterocycles. The molecule has 0 amide bonds. The van der Waals surface area contributed by atoms with E-state index in [9.17, 15) is 38.7 Å². The topological polar surface area (TPSA) is 214 Å². The highest BCUT2D eigenvalue weighted by molar-refractivity contribution is 5.83. The lowest BCUT2D eigenvalue weighted by Crippen LogP contribution is -2.61. The molecule has 16 heteroatoms. The van der Waals surface area contributed by atoms with Crippen LogP contribution in [0, 0.1) is 56.7 Å². The molecule has 10 rings (SSSR count). The van der Waals surface area contributed by atoms with Crippen molar-refractivity contribution in [3.63, 3.8) is 0 Å². The minimum absolute atomic E-state index is 0.0276. The Labute approximate surface area is 466 Å². The number of hydrogen-bond donors (Lipinski definition) is 1. The standard InChI is InChI=1S/C21H38O2.C16H26O3.C15H20O7.C10H16O4/c1-7-20(5,6)18(22)23-21(14-8-9-15-21)17-12-10-16(11-13-17)19(2,3)4;1-4-14(2,3)13(17)19-16-8-11-5-12(9-16)7-15(18,6-11)10-16;1-4-15(2,3)14(18)19-6-9(16)21-11-8-5-7-10(20-8)12(11)22-13(7)17;1-4-10(2,3)9(12)14-7-5-6-13-8(7)11/h16-17H,7-15H2,1-6H3;11-12,18H,4-10H2,1-3H3;7-8,10-12H,4-6H2,1-3H3;7H,4-6H2,1-3H3. The third-order valence-corrected chi connectivity index (χ3v) is 20.0. The Morgan fingerprint density at radius 1 is 0.615 bits per heavy atom. The molecule has 0 aromatic heterocycles. The molecule has 10 aliphatic rings. The quantitative estimate of drug-likeness (QED) is 0.119. The molecule has 6 bridgehead atoms. The lowest BCUT2D eigenvalue weighted by Gasteiger charge is -2.59. The first kappa shape index (κ1) is 63.4. The summed E-state index contributed by atoms with van der Waals surface area (Å²) < 4.78 is 43.1. The van der Waals surface area contributed by atoms with Crippen molar-refractivity contribution in [2.75, 3.05) is 13.2 Å². The van der Waals surface area contributed by atoms with Gasteiger partial charge in [-0.05, 0) is 200 Å². The highest BCUT2D eigenvalue weighted by atomic mass is 16.7. The van der Waals surface area contributed by atoms with Gasteiger partial charge in [0.1, 0.15) is 17.3 Å². The maximum Gasteiger partial charge on any atom is 0.347 e. The van der Waals surface area contributed by atoms with Gasteiger partial charge in [-0.25, -0.2) is 9.59 Å². The van der Waals surface area contributed by atoms with E-state index in [-0.39, 0.29) is 58.6 Å². The summed E-state index contributed by atoms with van der Waals surface area (Å²) >= 11 is 0. The van der Waals surface area contributed by atoms with E-state index in [0.717, 1.165) is 57.3 Å². The number of ether oxygens (including phenoxy) is 8. The van der Waals surface area contributed by atoms with Gasteiger partial charge in [-0.3, -0.25) is 24.0 Å². The van der Waals surface area contributed by atoms with Gasteiger partial charge in [0.25, 0.3) is 0 Å². The van der Waals surface area contributed by atoms with Gasteiger partial charge in [0.15, 0.2) is 18.8 Å². The van der Waals surface area contributed by atoms with Gasteiger partial charge < -0.3 is 43.0 Å². The van der Waals surface area contributed by atoms with E-state index in [0.29, 0.717) is 61.9 Å². The predicted octanol–water partition coefficient (Wildman–Crippen LogP) is 11.1. The highest BCUT2D eigenvalue weighted by Gasteiger charge is 2.65. The lowest BCUT2D eigenvalue weighted by atomic mass is 9.52. The number of rotatable bonds is 15. The third kappa shape index (κ3) is 14.6. The molecular weight excluding hydrogens is 1000 g/mol. The summed E-state index contributed by atoms with van der Waals surface area (Å²) in [5, 5.41) is 10.6. The van der Waals surface area contributed by atoms with E-state index in [2.05, 4.69) is 27.7 Å².